The molecule has 0 atom stereocenters. The van der Waals surface area contributed by atoms with E-state index in [1.54, 1.807) is 24.5 Å². The predicted molar refractivity (Wildman–Crippen MR) is 121 cm³/mol. The van der Waals surface area contributed by atoms with Gasteiger partial charge in [0.1, 0.15) is 0 Å². The van der Waals surface area contributed by atoms with Crippen molar-refractivity contribution >= 4 is 41.3 Å². The minimum Gasteiger partial charge on any atom is -0.381 e. The normalized spacial score (nSPS) is 16.8. The smallest absolute Gasteiger partial charge is 0.381 e. The second-order valence-corrected chi connectivity index (χ2v) is 7.86. The highest BCUT2D eigenvalue weighted by atomic mass is 127. The number of aliphatic imine (C=N–C) groups is 1. The average Bonchev–Trinajstić information content (AvgIpc) is 3.22. The summed E-state index contributed by atoms with van der Waals surface area (Å²) >= 11 is 1.65. The van der Waals surface area contributed by atoms with Gasteiger partial charge in [0.2, 0.25) is 0 Å². The van der Waals surface area contributed by atoms with Crippen LogP contribution in [0.15, 0.2) is 46.8 Å². The molecule has 9 heteroatoms. The van der Waals surface area contributed by atoms with Gasteiger partial charge in [-0.25, -0.2) is 0 Å². The van der Waals surface area contributed by atoms with Crippen LogP contribution in [-0.4, -0.2) is 32.8 Å². The fraction of sp³-hybridized carbons (Fsp3) is 0.450. The molecule has 2 aromatic rings. The first-order valence-corrected chi connectivity index (χ1v) is 10.0. The lowest BCUT2D eigenvalue weighted by Gasteiger charge is -2.38. The molecule has 1 aromatic carbocycles. The molecule has 1 aliphatic heterocycles. The van der Waals surface area contributed by atoms with E-state index in [-0.39, 0.29) is 24.0 Å². The Morgan fingerprint density at radius 2 is 1.93 bits per heavy atom. The quantitative estimate of drug-likeness (QED) is 0.326. The Hall–Kier alpha value is -1.33. The van der Waals surface area contributed by atoms with Crippen LogP contribution < -0.4 is 10.6 Å². The number of rotatable bonds is 5. The molecule has 2 N–H and O–H groups in total. The molecule has 1 saturated heterocycles. The van der Waals surface area contributed by atoms with Crippen molar-refractivity contribution in [3.8, 4) is 0 Å². The maximum Gasteiger partial charge on any atom is 0.416 e. The van der Waals surface area contributed by atoms with Crippen LogP contribution >= 0.6 is 35.3 Å². The van der Waals surface area contributed by atoms with Gasteiger partial charge in [-0.05, 0) is 35.9 Å². The van der Waals surface area contributed by atoms with Crippen LogP contribution in [0.3, 0.4) is 0 Å². The van der Waals surface area contributed by atoms with E-state index in [2.05, 4.69) is 15.6 Å². The highest BCUT2D eigenvalue weighted by Gasteiger charge is 2.37. The maximum absolute atomic E-state index is 13.2. The number of benzene rings is 1. The second kappa shape index (κ2) is 10.6. The summed E-state index contributed by atoms with van der Waals surface area (Å²) in [6, 6.07) is 9.68. The summed E-state index contributed by atoms with van der Waals surface area (Å²) in [5.74, 6) is 0.631. The van der Waals surface area contributed by atoms with Gasteiger partial charge in [-0.15, -0.1) is 35.3 Å². The van der Waals surface area contributed by atoms with Crippen molar-refractivity contribution in [2.24, 2.45) is 4.99 Å². The Balaban J connectivity index is 0.00000300. The van der Waals surface area contributed by atoms with Crippen molar-refractivity contribution in [2.45, 2.75) is 31.0 Å². The van der Waals surface area contributed by atoms with Gasteiger partial charge < -0.3 is 15.4 Å². The van der Waals surface area contributed by atoms with E-state index in [0.717, 1.165) is 6.07 Å². The minimum absolute atomic E-state index is 0. The number of nitrogens with one attached hydrogen (secondary N) is 2. The molecule has 160 valence electrons. The van der Waals surface area contributed by atoms with E-state index in [1.165, 1.54) is 17.0 Å². The summed E-state index contributed by atoms with van der Waals surface area (Å²) in [6.45, 7) is 2.19. The average molecular weight is 539 g/mol. The highest BCUT2D eigenvalue weighted by Crippen LogP contribution is 2.37. The van der Waals surface area contributed by atoms with Crippen LogP contribution in [0.1, 0.15) is 28.8 Å². The summed E-state index contributed by atoms with van der Waals surface area (Å²) in [4.78, 5) is 5.42. The van der Waals surface area contributed by atoms with E-state index >= 15 is 0 Å². The lowest BCUT2D eigenvalue weighted by Crippen LogP contribution is -2.48. The van der Waals surface area contributed by atoms with Crippen molar-refractivity contribution < 1.29 is 17.9 Å². The Bertz CT molecular complexity index is 791. The largest absolute Gasteiger partial charge is 0.416 e. The van der Waals surface area contributed by atoms with E-state index < -0.39 is 17.2 Å². The molecule has 4 nitrogen and oxygen atoms in total. The van der Waals surface area contributed by atoms with Crippen LogP contribution in [0, 0.1) is 0 Å². The molecule has 0 aliphatic carbocycles. The number of halogens is 4. The Labute approximate surface area is 190 Å². The Morgan fingerprint density at radius 1 is 1.17 bits per heavy atom. The van der Waals surface area contributed by atoms with Crippen molar-refractivity contribution in [3.63, 3.8) is 0 Å². The molecule has 1 aromatic heterocycles. The van der Waals surface area contributed by atoms with Gasteiger partial charge in [-0.3, -0.25) is 4.99 Å². The molecule has 0 amide bonds. The number of hydrogen-bond donors (Lipinski definition) is 2. The van der Waals surface area contributed by atoms with Gasteiger partial charge >= 0.3 is 6.18 Å². The zero-order valence-electron chi connectivity index (χ0n) is 16.1. The lowest BCUT2D eigenvalue weighted by molar-refractivity contribution is -0.137. The molecule has 3 rings (SSSR count). The first-order chi connectivity index (χ1) is 13.4. The van der Waals surface area contributed by atoms with Crippen molar-refractivity contribution in [1.82, 2.24) is 10.6 Å². The topological polar surface area (TPSA) is 45.7 Å². The lowest BCUT2D eigenvalue weighted by atomic mass is 9.73. The van der Waals surface area contributed by atoms with Crippen molar-refractivity contribution in [3.05, 3.63) is 57.8 Å². The monoisotopic (exact) mass is 539 g/mol. The molecule has 0 saturated carbocycles. The maximum atomic E-state index is 13.2. The molecule has 29 heavy (non-hydrogen) atoms. The zero-order chi connectivity index (χ0) is 20.0. The second-order valence-electron chi connectivity index (χ2n) is 6.83. The Morgan fingerprint density at radius 3 is 2.55 bits per heavy atom. The van der Waals surface area contributed by atoms with Gasteiger partial charge in [0, 0.05) is 37.1 Å². The molecule has 0 bridgehead atoms. The summed E-state index contributed by atoms with van der Waals surface area (Å²) in [5.41, 5.74) is -0.358. The fourth-order valence-corrected chi connectivity index (χ4v) is 4.06. The summed E-state index contributed by atoms with van der Waals surface area (Å²) in [5, 5.41) is 8.57. The summed E-state index contributed by atoms with van der Waals surface area (Å²) in [7, 11) is 1.69. The van der Waals surface area contributed by atoms with Crippen LogP contribution in [-0.2, 0) is 22.9 Å². The standard InChI is InChI=1S/C20H24F3N3OS.HI/c1-24-18(25-13-17-6-3-11-28-17)26-14-19(7-9-27-10-8-19)15-4-2-5-16(12-15)20(21,22)23;/h2-6,11-12H,7-10,13-14H2,1H3,(H2,24,25,26);1H. The van der Waals surface area contributed by atoms with Gasteiger partial charge in [-0.1, -0.05) is 24.3 Å². The molecule has 0 unspecified atom stereocenters. The molecule has 0 spiro atoms. The van der Waals surface area contributed by atoms with E-state index in [9.17, 15) is 13.2 Å². The number of thiophene rings is 1. The first kappa shape index (κ1) is 23.9. The van der Waals surface area contributed by atoms with E-state index in [0.29, 0.717) is 50.7 Å². The van der Waals surface area contributed by atoms with Crippen LogP contribution in [0.5, 0.6) is 0 Å². The van der Waals surface area contributed by atoms with Crippen LogP contribution in [0.4, 0.5) is 13.2 Å². The number of alkyl halides is 3. The van der Waals surface area contributed by atoms with Crippen molar-refractivity contribution in [1.29, 1.82) is 0 Å². The molecule has 2 heterocycles. The number of hydrogen-bond acceptors (Lipinski definition) is 3. The fourth-order valence-electron chi connectivity index (χ4n) is 3.41. The highest BCUT2D eigenvalue weighted by molar-refractivity contribution is 14.0. The molecule has 1 fully saturated rings. The van der Waals surface area contributed by atoms with Crippen molar-refractivity contribution in [2.75, 3.05) is 26.8 Å². The van der Waals surface area contributed by atoms with Gasteiger partial charge in [-0.2, -0.15) is 13.2 Å². The van der Waals surface area contributed by atoms with Crippen LogP contribution in [0.25, 0.3) is 0 Å². The van der Waals surface area contributed by atoms with E-state index in [4.69, 9.17) is 4.74 Å². The van der Waals surface area contributed by atoms with Gasteiger partial charge in [0.05, 0.1) is 12.1 Å². The third-order valence-corrected chi connectivity index (χ3v) is 5.96. The number of nitrogens with zero attached hydrogens (tertiary/aromatic N) is 1. The molecular formula is C20H25F3IN3OS. The molecule has 1 aliphatic rings. The predicted octanol–water partition coefficient (Wildman–Crippen LogP) is 4.80. The third-order valence-electron chi connectivity index (χ3n) is 5.08. The SMILES string of the molecule is CN=C(NCc1cccs1)NCC1(c2cccc(C(F)(F)F)c2)CCOCC1.I. The van der Waals surface area contributed by atoms with E-state index in [1.807, 2.05) is 17.5 Å². The molecular weight excluding hydrogens is 514 g/mol. The zero-order valence-corrected chi connectivity index (χ0v) is 19.2. The van der Waals surface area contributed by atoms with Crippen LogP contribution in [0.2, 0.25) is 0 Å². The minimum atomic E-state index is -4.35. The first-order valence-electron chi connectivity index (χ1n) is 9.15. The number of ether oxygens (including phenoxy) is 1. The van der Waals surface area contributed by atoms with Gasteiger partial charge in [0.15, 0.2) is 5.96 Å². The molecule has 0 radical (unpaired) electrons. The third kappa shape index (κ3) is 6.32. The van der Waals surface area contributed by atoms with Gasteiger partial charge in [0.25, 0.3) is 0 Å². The summed E-state index contributed by atoms with van der Waals surface area (Å²) < 4.78 is 45.1. The number of guanidine groups is 1. The Kier molecular flexibility index (Phi) is 8.77. The summed E-state index contributed by atoms with van der Waals surface area (Å²) in [6.07, 6.45) is -3.04.